The number of benzene rings is 2. The number of halogens is 1. The van der Waals surface area contributed by atoms with Crippen LogP contribution < -0.4 is 5.32 Å². The summed E-state index contributed by atoms with van der Waals surface area (Å²) in [6, 6.07) is 13.0. The molecular weight excluding hydrogens is 312 g/mol. The van der Waals surface area contributed by atoms with Gasteiger partial charge in [0.05, 0.1) is 11.0 Å². The van der Waals surface area contributed by atoms with Gasteiger partial charge in [-0.25, -0.2) is 0 Å². The molecule has 2 aromatic carbocycles. The van der Waals surface area contributed by atoms with Crippen LogP contribution in [0.1, 0.15) is 29.5 Å². The second-order valence-electron chi connectivity index (χ2n) is 6.03. The fourth-order valence-corrected chi connectivity index (χ4v) is 3.99. The summed E-state index contributed by atoms with van der Waals surface area (Å²) in [5, 5.41) is 15.5. The van der Waals surface area contributed by atoms with Gasteiger partial charge in [0.25, 0.3) is 5.69 Å². The van der Waals surface area contributed by atoms with Gasteiger partial charge in [-0.1, -0.05) is 48.0 Å². The van der Waals surface area contributed by atoms with Gasteiger partial charge in [-0.2, -0.15) is 0 Å². The van der Waals surface area contributed by atoms with E-state index in [1.54, 1.807) is 12.1 Å². The highest BCUT2D eigenvalue weighted by atomic mass is 35.5. The first-order valence-corrected chi connectivity index (χ1v) is 7.99. The van der Waals surface area contributed by atoms with Crippen molar-refractivity contribution in [1.82, 2.24) is 0 Å². The predicted molar refractivity (Wildman–Crippen MR) is 90.9 cm³/mol. The molecule has 0 saturated carbocycles. The van der Waals surface area contributed by atoms with E-state index in [0.717, 1.165) is 17.5 Å². The minimum absolute atomic E-state index is 0.0160. The highest BCUT2D eigenvalue weighted by Crippen LogP contribution is 2.52. The summed E-state index contributed by atoms with van der Waals surface area (Å²) >= 11 is 6.14. The third kappa shape index (κ3) is 2.30. The molecule has 2 aromatic rings. The molecule has 2 aliphatic rings. The van der Waals surface area contributed by atoms with Crippen molar-refractivity contribution in [3.05, 3.63) is 80.9 Å². The lowest BCUT2D eigenvalue weighted by molar-refractivity contribution is -0.384. The summed E-state index contributed by atoms with van der Waals surface area (Å²) in [6.45, 7) is 0. The lowest BCUT2D eigenvalue weighted by atomic mass is 9.77. The number of allylic oxidation sites excluding steroid dienone is 2. The number of hydrogen-bond acceptors (Lipinski definition) is 3. The molecular formula is C18H15ClN2O2. The Morgan fingerprint density at radius 2 is 2.04 bits per heavy atom. The Morgan fingerprint density at radius 3 is 2.83 bits per heavy atom. The summed E-state index contributed by atoms with van der Waals surface area (Å²) in [4.78, 5) is 11.1. The van der Waals surface area contributed by atoms with E-state index < -0.39 is 0 Å². The van der Waals surface area contributed by atoms with E-state index >= 15 is 0 Å². The molecule has 5 heteroatoms. The summed E-state index contributed by atoms with van der Waals surface area (Å²) < 4.78 is 0. The van der Waals surface area contributed by atoms with Crippen LogP contribution in [0, 0.1) is 16.0 Å². The molecule has 0 amide bonds. The molecule has 0 aromatic heterocycles. The van der Waals surface area contributed by atoms with E-state index in [1.807, 2.05) is 30.3 Å². The van der Waals surface area contributed by atoms with Crippen LogP contribution in [0.2, 0.25) is 5.02 Å². The van der Waals surface area contributed by atoms with Crippen LogP contribution >= 0.6 is 11.6 Å². The largest absolute Gasteiger partial charge is 0.372 e. The number of anilines is 1. The number of nitro groups is 1. The summed E-state index contributed by atoms with van der Waals surface area (Å²) in [5.74, 6) is 0.554. The average Bonchev–Trinajstić information content (AvgIpc) is 3.03. The molecule has 0 radical (unpaired) electrons. The highest BCUT2D eigenvalue weighted by Gasteiger charge is 2.40. The van der Waals surface area contributed by atoms with Gasteiger partial charge in [-0.3, -0.25) is 10.1 Å². The number of hydrogen-bond donors (Lipinski definition) is 1. The minimum atomic E-state index is -0.320. The van der Waals surface area contributed by atoms with Gasteiger partial charge < -0.3 is 5.32 Å². The molecule has 0 saturated heterocycles. The molecule has 3 atom stereocenters. The molecule has 116 valence electrons. The number of nitrogens with one attached hydrogen (secondary N) is 1. The van der Waals surface area contributed by atoms with Crippen molar-refractivity contribution in [3.8, 4) is 0 Å². The molecule has 4 rings (SSSR count). The van der Waals surface area contributed by atoms with E-state index in [0.29, 0.717) is 16.6 Å². The van der Waals surface area contributed by atoms with Gasteiger partial charge in [0, 0.05) is 17.0 Å². The van der Waals surface area contributed by atoms with Gasteiger partial charge in [-0.05, 0) is 35.6 Å². The smallest absolute Gasteiger partial charge is 0.292 e. The van der Waals surface area contributed by atoms with E-state index in [9.17, 15) is 10.1 Å². The van der Waals surface area contributed by atoms with Crippen LogP contribution in [0.4, 0.5) is 11.4 Å². The number of rotatable bonds is 2. The lowest BCUT2D eigenvalue weighted by Gasteiger charge is -2.37. The molecule has 4 nitrogen and oxygen atoms in total. The van der Waals surface area contributed by atoms with Gasteiger partial charge in [-0.15, -0.1) is 0 Å². The Hall–Kier alpha value is -2.33. The molecule has 23 heavy (non-hydrogen) atoms. The second-order valence-corrected chi connectivity index (χ2v) is 6.47. The normalized spacial score (nSPS) is 24.7. The quantitative estimate of drug-likeness (QED) is 0.476. The maximum atomic E-state index is 11.4. The Labute approximate surface area is 138 Å². The maximum Gasteiger partial charge on any atom is 0.292 e. The maximum absolute atomic E-state index is 11.4. The monoisotopic (exact) mass is 326 g/mol. The SMILES string of the molecule is O=[N+]([O-])c1cccc2c1N[C@H](c1cccc(Cl)c1)C1CC=CC21. The fourth-order valence-electron chi connectivity index (χ4n) is 3.79. The molecule has 0 bridgehead atoms. The van der Waals surface area contributed by atoms with Gasteiger partial charge >= 0.3 is 0 Å². The molecule has 0 spiro atoms. The Kier molecular flexibility index (Phi) is 3.34. The molecule has 2 unspecified atom stereocenters. The number of nitrogens with zero attached hydrogens (tertiary/aromatic N) is 1. The van der Waals surface area contributed by atoms with Crippen molar-refractivity contribution in [2.75, 3.05) is 5.32 Å². The molecule has 1 aliphatic heterocycles. The van der Waals surface area contributed by atoms with E-state index in [4.69, 9.17) is 11.6 Å². The molecule has 0 fully saturated rings. The van der Waals surface area contributed by atoms with E-state index in [-0.39, 0.29) is 22.6 Å². The molecule has 1 N–H and O–H groups in total. The number of nitro benzene ring substituents is 1. The van der Waals surface area contributed by atoms with Crippen molar-refractivity contribution in [2.45, 2.75) is 18.4 Å². The zero-order valence-corrected chi connectivity index (χ0v) is 13.0. The fraction of sp³-hybridized carbons (Fsp3) is 0.222. The van der Waals surface area contributed by atoms with Crippen LogP contribution in [0.25, 0.3) is 0 Å². The van der Waals surface area contributed by atoms with Crippen molar-refractivity contribution < 1.29 is 4.92 Å². The molecule has 1 heterocycles. The number of para-hydroxylation sites is 1. The van der Waals surface area contributed by atoms with Crippen molar-refractivity contribution in [3.63, 3.8) is 0 Å². The lowest BCUT2D eigenvalue weighted by Crippen LogP contribution is -2.29. The van der Waals surface area contributed by atoms with Crippen molar-refractivity contribution in [2.24, 2.45) is 5.92 Å². The van der Waals surface area contributed by atoms with Crippen molar-refractivity contribution in [1.29, 1.82) is 0 Å². The average molecular weight is 327 g/mol. The van der Waals surface area contributed by atoms with Crippen molar-refractivity contribution >= 4 is 23.0 Å². The van der Waals surface area contributed by atoms with Crippen LogP contribution in [-0.2, 0) is 0 Å². The Balaban J connectivity index is 1.85. The van der Waals surface area contributed by atoms with E-state index in [1.165, 1.54) is 0 Å². The summed E-state index contributed by atoms with van der Waals surface area (Å²) in [5.41, 5.74) is 2.85. The van der Waals surface area contributed by atoms with Gasteiger partial charge in [0.2, 0.25) is 0 Å². The topological polar surface area (TPSA) is 55.2 Å². The summed E-state index contributed by atoms with van der Waals surface area (Å²) in [7, 11) is 0. The molecule has 1 aliphatic carbocycles. The first-order valence-electron chi connectivity index (χ1n) is 7.61. The van der Waals surface area contributed by atoms with Crippen LogP contribution in [-0.4, -0.2) is 4.92 Å². The zero-order chi connectivity index (χ0) is 16.0. The van der Waals surface area contributed by atoms with E-state index in [2.05, 4.69) is 17.5 Å². The standard InChI is InChI=1S/C18H15ClN2O2/c19-12-5-1-4-11(10-12)17-14-7-2-6-13(14)15-8-3-9-16(21(22)23)18(15)20-17/h1-6,8-10,13-14,17,20H,7H2/t13?,14?,17-/m1/s1. The third-order valence-corrected chi connectivity index (χ3v) is 5.01. The zero-order valence-electron chi connectivity index (χ0n) is 12.3. The minimum Gasteiger partial charge on any atom is -0.372 e. The first-order chi connectivity index (χ1) is 11.1. The number of fused-ring (bicyclic) bond motifs is 3. The van der Waals surface area contributed by atoms with Gasteiger partial charge in [0.1, 0.15) is 5.69 Å². The highest BCUT2D eigenvalue weighted by molar-refractivity contribution is 6.30. The van der Waals surface area contributed by atoms with Crippen LogP contribution in [0.15, 0.2) is 54.6 Å². The second kappa shape index (κ2) is 5.39. The summed E-state index contributed by atoms with van der Waals surface area (Å²) in [6.07, 6.45) is 5.30. The Bertz CT molecular complexity index is 818. The van der Waals surface area contributed by atoms with Crippen LogP contribution in [0.5, 0.6) is 0 Å². The first kappa shape index (κ1) is 14.3. The van der Waals surface area contributed by atoms with Gasteiger partial charge in [0.15, 0.2) is 0 Å². The third-order valence-electron chi connectivity index (χ3n) is 4.78. The van der Waals surface area contributed by atoms with Crippen LogP contribution in [0.3, 0.4) is 0 Å². The Morgan fingerprint density at radius 1 is 1.22 bits per heavy atom. The predicted octanol–water partition coefficient (Wildman–Crippen LogP) is 5.07.